The number of amides is 2. The highest BCUT2D eigenvalue weighted by molar-refractivity contribution is 6.08. The third kappa shape index (κ3) is 4.70. The molecule has 0 spiro atoms. The topological polar surface area (TPSA) is 128 Å². The van der Waals surface area contributed by atoms with Crippen LogP contribution in [0.25, 0.3) is 22.3 Å². The van der Waals surface area contributed by atoms with Crippen LogP contribution in [-0.4, -0.2) is 76.0 Å². The summed E-state index contributed by atoms with van der Waals surface area (Å²) in [6.45, 7) is 1.46. The molecule has 0 radical (unpaired) electrons. The minimum Gasteiger partial charge on any atom is -0.380 e. The van der Waals surface area contributed by atoms with E-state index in [1.54, 1.807) is 12.3 Å². The first kappa shape index (κ1) is 23.6. The normalized spacial score (nSPS) is 22.0. The monoisotopic (exact) mass is 487 g/mol. The third-order valence-electron chi connectivity index (χ3n) is 6.76. The molecule has 4 heterocycles. The molecule has 36 heavy (non-hydrogen) atoms. The lowest BCUT2D eigenvalue weighted by Crippen LogP contribution is -2.42. The first-order chi connectivity index (χ1) is 17.4. The Hall–Kier alpha value is -4.10. The summed E-state index contributed by atoms with van der Waals surface area (Å²) in [4.78, 5) is 37.2. The molecular formula is C26H26FN7O2. The van der Waals surface area contributed by atoms with Gasteiger partial charge in [0.15, 0.2) is 0 Å². The minimum atomic E-state index is -1.14. The van der Waals surface area contributed by atoms with Crippen molar-refractivity contribution in [3.8, 4) is 17.5 Å². The molecule has 2 amide bonds. The van der Waals surface area contributed by atoms with Crippen LogP contribution in [0.3, 0.4) is 0 Å². The predicted octanol–water partition coefficient (Wildman–Crippen LogP) is 2.34. The van der Waals surface area contributed by atoms with Crippen molar-refractivity contribution in [3.63, 3.8) is 0 Å². The number of halogens is 1. The number of hydrogen-bond donors (Lipinski definition) is 2. The van der Waals surface area contributed by atoms with E-state index in [4.69, 9.17) is 10.7 Å². The van der Waals surface area contributed by atoms with Crippen LogP contribution >= 0.6 is 0 Å². The van der Waals surface area contributed by atoms with E-state index in [-0.39, 0.29) is 31.5 Å². The second-order valence-corrected chi connectivity index (χ2v) is 9.22. The fourth-order valence-corrected chi connectivity index (χ4v) is 4.98. The fraction of sp³-hybridized carbons (Fsp3) is 0.346. The summed E-state index contributed by atoms with van der Waals surface area (Å²) in [6, 6.07) is 14.2. The zero-order valence-electron chi connectivity index (χ0n) is 19.6. The largest absolute Gasteiger partial charge is 0.380 e. The molecule has 0 bridgehead atoms. The van der Waals surface area contributed by atoms with Gasteiger partial charge in [-0.1, -0.05) is 6.07 Å². The molecule has 10 heteroatoms. The SMILES string of the molecule is N#C[C@@H]1C[C@H](F)CN1C(=O)CN1CC[C@H](Nc2ccc(C(N)=O)c3nc(-c4ccccn4)ccc23)C1. The van der Waals surface area contributed by atoms with Crippen LogP contribution < -0.4 is 11.1 Å². The van der Waals surface area contributed by atoms with Crippen molar-refractivity contribution >= 4 is 28.4 Å². The predicted molar refractivity (Wildman–Crippen MR) is 133 cm³/mol. The van der Waals surface area contributed by atoms with E-state index in [1.807, 2.05) is 47.4 Å². The van der Waals surface area contributed by atoms with Gasteiger partial charge in [0.05, 0.1) is 41.6 Å². The van der Waals surface area contributed by atoms with E-state index in [1.165, 1.54) is 4.90 Å². The maximum atomic E-state index is 13.7. The minimum absolute atomic E-state index is 0.0156. The average Bonchev–Trinajstić information content (AvgIpc) is 3.49. The van der Waals surface area contributed by atoms with Gasteiger partial charge in [-0.25, -0.2) is 9.37 Å². The molecule has 0 unspecified atom stereocenters. The lowest BCUT2D eigenvalue weighted by atomic mass is 10.0. The van der Waals surface area contributed by atoms with Gasteiger partial charge in [0, 0.05) is 42.8 Å². The number of aromatic nitrogens is 2. The Bertz CT molecular complexity index is 1340. The second-order valence-electron chi connectivity index (χ2n) is 9.22. The zero-order chi connectivity index (χ0) is 25.2. The van der Waals surface area contributed by atoms with Gasteiger partial charge in [0.1, 0.15) is 12.2 Å². The van der Waals surface area contributed by atoms with Gasteiger partial charge in [0.2, 0.25) is 5.91 Å². The van der Waals surface area contributed by atoms with Gasteiger partial charge >= 0.3 is 0 Å². The van der Waals surface area contributed by atoms with E-state index >= 15 is 0 Å². The number of nitrogens with one attached hydrogen (secondary N) is 1. The smallest absolute Gasteiger partial charge is 0.250 e. The number of nitriles is 1. The van der Waals surface area contributed by atoms with Crippen LogP contribution in [0.15, 0.2) is 48.7 Å². The Morgan fingerprint density at radius 2 is 2.03 bits per heavy atom. The van der Waals surface area contributed by atoms with E-state index in [0.29, 0.717) is 35.6 Å². The number of fused-ring (bicyclic) bond motifs is 1. The molecule has 2 saturated heterocycles. The molecule has 5 rings (SSSR count). The number of anilines is 1. The molecule has 184 valence electrons. The van der Waals surface area contributed by atoms with Crippen LogP contribution in [0.1, 0.15) is 23.2 Å². The van der Waals surface area contributed by atoms with Crippen molar-refractivity contribution in [2.75, 3.05) is 31.5 Å². The summed E-state index contributed by atoms with van der Waals surface area (Å²) in [7, 11) is 0. The number of benzene rings is 1. The number of likely N-dealkylation sites (tertiary alicyclic amines) is 2. The fourth-order valence-electron chi connectivity index (χ4n) is 4.98. The Kier molecular flexibility index (Phi) is 6.48. The average molecular weight is 488 g/mol. The molecule has 9 nitrogen and oxygen atoms in total. The van der Waals surface area contributed by atoms with Crippen LogP contribution in [0.4, 0.5) is 10.1 Å². The van der Waals surface area contributed by atoms with Crippen molar-refractivity contribution in [2.45, 2.75) is 31.1 Å². The third-order valence-corrected chi connectivity index (χ3v) is 6.76. The lowest BCUT2D eigenvalue weighted by molar-refractivity contribution is -0.132. The number of carbonyl (C=O) groups is 2. The number of rotatable bonds is 6. The number of hydrogen-bond acceptors (Lipinski definition) is 7. The van der Waals surface area contributed by atoms with Gasteiger partial charge in [0.25, 0.3) is 5.91 Å². The van der Waals surface area contributed by atoms with Crippen molar-refractivity contribution in [1.29, 1.82) is 5.26 Å². The van der Waals surface area contributed by atoms with Gasteiger partial charge in [-0.05, 0) is 42.8 Å². The number of alkyl halides is 1. The van der Waals surface area contributed by atoms with Crippen molar-refractivity contribution < 1.29 is 14.0 Å². The van der Waals surface area contributed by atoms with Crippen LogP contribution in [0.2, 0.25) is 0 Å². The number of nitrogens with zero attached hydrogens (tertiary/aromatic N) is 5. The van der Waals surface area contributed by atoms with Gasteiger partial charge in [-0.15, -0.1) is 0 Å². The molecule has 3 N–H and O–H groups in total. The van der Waals surface area contributed by atoms with E-state index < -0.39 is 18.1 Å². The van der Waals surface area contributed by atoms with Crippen LogP contribution in [-0.2, 0) is 4.79 Å². The molecule has 1 aromatic carbocycles. The Balaban J connectivity index is 1.32. The lowest BCUT2D eigenvalue weighted by Gasteiger charge is -2.23. The molecule has 3 aromatic rings. The number of nitrogens with two attached hydrogens (primary N) is 1. The van der Waals surface area contributed by atoms with E-state index in [0.717, 1.165) is 17.5 Å². The van der Waals surface area contributed by atoms with Gasteiger partial charge < -0.3 is 16.0 Å². The molecular weight excluding hydrogens is 461 g/mol. The highest BCUT2D eigenvalue weighted by Gasteiger charge is 2.36. The molecule has 2 aliphatic rings. The molecule has 0 saturated carbocycles. The van der Waals surface area contributed by atoms with E-state index in [2.05, 4.69) is 10.3 Å². The maximum Gasteiger partial charge on any atom is 0.250 e. The molecule has 2 fully saturated rings. The zero-order valence-corrected chi connectivity index (χ0v) is 19.6. The van der Waals surface area contributed by atoms with Gasteiger partial charge in [-0.3, -0.25) is 19.5 Å². The molecule has 0 aliphatic carbocycles. The summed E-state index contributed by atoms with van der Waals surface area (Å²) in [5, 5.41) is 13.5. The van der Waals surface area contributed by atoms with E-state index in [9.17, 15) is 19.2 Å². The van der Waals surface area contributed by atoms with Crippen molar-refractivity contribution in [3.05, 3.63) is 54.2 Å². The first-order valence-electron chi connectivity index (χ1n) is 11.9. The van der Waals surface area contributed by atoms with Crippen LogP contribution in [0, 0.1) is 11.3 Å². The highest BCUT2D eigenvalue weighted by atomic mass is 19.1. The molecule has 2 aliphatic heterocycles. The summed E-state index contributed by atoms with van der Waals surface area (Å²) in [5.74, 6) is -0.777. The van der Waals surface area contributed by atoms with Crippen molar-refractivity contribution in [2.24, 2.45) is 5.73 Å². The molecule has 3 atom stereocenters. The Morgan fingerprint density at radius 1 is 1.17 bits per heavy atom. The molecule has 2 aromatic heterocycles. The summed E-state index contributed by atoms with van der Waals surface area (Å²) < 4.78 is 13.7. The maximum absolute atomic E-state index is 13.7. The number of carbonyl (C=O) groups excluding carboxylic acids is 2. The Labute approximate surface area is 207 Å². The van der Waals surface area contributed by atoms with Crippen LogP contribution in [0.5, 0.6) is 0 Å². The first-order valence-corrected chi connectivity index (χ1v) is 11.9. The summed E-state index contributed by atoms with van der Waals surface area (Å²) in [6.07, 6.45) is 1.43. The number of pyridine rings is 2. The Morgan fingerprint density at radius 3 is 2.78 bits per heavy atom. The van der Waals surface area contributed by atoms with Gasteiger partial charge in [-0.2, -0.15) is 5.26 Å². The summed E-state index contributed by atoms with van der Waals surface area (Å²) in [5.41, 5.74) is 8.61. The number of primary amides is 1. The quantitative estimate of drug-likeness (QED) is 0.546. The highest BCUT2D eigenvalue weighted by Crippen LogP contribution is 2.30. The standard InChI is InChI=1S/C26H26FN7O2/c27-16-11-18(12-28)34(13-16)24(35)15-33-10-8-17(14-33)31-21-6-5-20(26(29)36)25-19(21)4-7-23(32-25)22-3-1-2-9-30-22/h1-7,9,16-18,31H,8,10-11,13-15H2,(H2,29,36)/t16-,17-,18-/m0/s1. The summed E-state index contributed by atoms with van der Waals surface area (Å²) >= 11 is 0. The van der Waals surface area contributed by atoms with Crippen molar-refractivity contribution in [1.82, 2.24) is 19.8 Å². The second kappa shape index (κ2) is 9.87.